The molecule has 7 rings (SSSR count). The first kappa shape index (κ1) is 43.1. The van der Waals surface area contributed by atoms with E-state index in [9.17, 15) is 23.8 Å². The predicted octanol–water partition coefficient (Wildman–Crippen LogP) is 9.18. The summed E-state index contributed by atoms with van der Waals surface area (Å²) < 4.78 is 37.9. The number of likely N-dealkylation sites (tertiary alicyclic amines) is 1. The summed E-state index contributed by atoms with van der Waals surface area (Å²) in [5.41, 5.74) is 2.16. The third kappa shape index (κ3) is 9.18. The summed E-state index contributed by atoms with van der Waals surface area (Å²) in [6.45, 7) is 9.75. The fourth-order valence-corrected chi connectivity index (χ4v) is 11.6. The van der Waals surface area contributed by atoms with Gasteiger partial charge in [0.2, 0.25) is 13.3 Å². The van der Waals surface area contributed by atoms with Crippen molar-refractivity contribution in [3.63, 3.8) is 0 Å². The average Bonchev–Trinajstić information content (AvgIpc) is 3.48. The Morgan fingerprint density at radius 2 is 1.65 bits per heavy atom. The highest BCUT2D eigenvalue weighted by Gasteiger charge is 2.65. The Morgan fingerprint density at radius 3 is 2.28 bits per heavy atom. The van der Waals surface area contributed by atoms with Crippen molar-refractivity contribution in [2.75, 3.05) is 20.8 Å². The summed E-state index contributed by atoms with van der Waals surface area (Å²) in [7, 11) is -0.756. The smallest absolute Gasteiger partial charge is 0.306 e. The van der Waals surface area contributed by atoms with Gasteiger partial charge in [0.1, 0.15) is 29.5 Å². The number of allylic oxidation sites excluding steroid dienone is 1. The van der Waals surface area contributed by atoms with Gasteiger partial charge >= 0.3 is 5.97 Å². The molecule has 0 bridgehead atoms. The van der Waals surface area contributed by atoms with Gasteiger partial charge in [-0.3, -0.25) is 18.9 Å². The molecule has 2 saturated carbocycles. The van der Waals surface area contributed by atoms with Crippen LogP contribution in [0.2, 0.25) is 0 Å². The number of fused-ring (bicyclic) bond motifs is 1. The molecule has 2 aliphatic carbocycles. The third-order valence-corrected chi connectivity index (χ3v) is 15.6. The van der Waals surface area contributed by atoms with Crippen molar-refractivity contribution in [1.29, 1.82) is 0 Å². The Hall–Kier alpha value is -4.99. The number of benzene rings is 3. The molecule has 1 aliphatic heterocycles. The van der Waals surface area contributed by atoms with Gasteiger partial charge in [0.05, 0.1) is 61.7 Å². The molecule has 6 atom stereocenters. The molecule has 2 heterocycles. The van der Waals surface area contributed by atoms with Crippen LogP contribution in [0.25, 0.3) is 22.2 Å². The van der Waals surface area contributed by atoms with Crippen LogP contribution in [-0.4, -0.2) is 76.6 Å². The maximum absolute atomic E-state index is 14.9. The number of hydrogen-bond acceptors (Lipinski definition) is 9. The number of nitrogens with zero attached hydrogens (tertiary/aromatic N) is 2. The molecule has 1 aromatic heterocycles. The number of Topliss-reactive ketones (excluding diaryl/α,β-unsaturated/α-hetero) is 1. The zero-order valence-corrected chi connectivity index (χ0v) is 36.2. The minimum atomic E-state index is -3.95. The van der Waals surface area contributed by atoms with E-state index in [-0.39, 0.29) is 55.7 Å². The first-order valence-electron chi connectivity index (χ1n) is 21.0. The SMILES string of the molecule is C=C[C@@H]1C[C@]1(CC(=O)[C@@H]1C[C@@H](Oc2cc(-c3ccc(OC)cc3)nc3cc(OC)ccc23)CN1C(=O)[C@@H](CC(=O)OC1CCCC1)C(C)(C)C)P(=O)(O)Cc1ccccc1. The maximum atomic E-state index is 14.9. The van der Waals surface area contributed by atoms with E-state index in [4.69, 9.17) is 23.9 Å². The Bertz CT molecular complexity index is 2270. The van der Waals surface area contributed by atoms with Crippen molar-refractivity contribution < 1.29 is 42.8 Å². The van der Waals surface area contributed by atoms with E-state index in [1.54, 1.807) is 25.2 Å². The second-order valence-electron chi connectivity index (χ2n) is 17.8. The van der Waals surface area contributed by atoms with Crippen LogP contribution in [-0.2, 0) is 29.8 Å². The van der Waals surface area contributed by atoms with Gasteiger partial charge in [-0.05, 0) is 85.4 Å². The number of methoxy groups -OCH3 is 2. The Balaban J connectivity index is 1.22. The van der Waals surface area contributed by atoms with Crippen LogP contribution < -0.4 is 14.2 Å². The molecule has 1 N–H and O–H groups in total. The maximum Gasteiger partial charge on any atom is 0.306 e. The Morgan fingerprint density at radius 1 is 0.967 bits per heavy atom. The summed E-state index contributed by atoms with van der Waals surface area (Å²) in [5.74, 6) is -0.379. The van der Waals surface area contributed by atoms with E-state index in [2.05, 4.69) is 6.58 Å². The van der Waals surface area contributed by atoms with E-state index >= 15 is 0 Å². The molecule has 60 heavy (non-hydrogen) atoms. The van der Waals surface area contributed by atoms with Crippen LogP contribution in [0.5, 0.6) is 17.2 Å². The Labute approximate surface area is 352 Å². The molecule has 0 radical (unpaired) electrons. The van der Waals surface area contributed by atoms with E-state index in [1.165, 1.54) is 0 Å². The zero-order valence-electron chi connectivity index (χ0n) is 35.3. The molecule has 11 nitrogen and oxygen atoms in total. The van der Waals surface area contributed by atoms with Gasteiger partial charge < -0.3 is 28.7 Å². The van der Waals surface area contributed by atoms with Crippen molar-refractivity contribution in [1.82, 2.24) is 9.88 Å². The lowest BCUT2D eigenvalue weighted by molar-refractivity contribution is -0.156. The summed E-state index contributed by atoms with van der Waals surface area (Å²) >= 11 is 0. The first-order valence-corrected chi connectivity index (χ1v) is 22.8. The number of pyridine rings is 1. The second kappa shape index (κ2) is 17.5. The van der Waals surface area contributed by atoms with Crippen LogP contribution in [0.4, 0.5) is 0 Å². The minimum Gasteiger partial charge on any atom is -0.497 e. The first-order chi connectivity index (χ1) is 28.6. The summed E-state index contributed by atoms with van der Waals surface area (Å²) in [4.78, 5) is 61.4. The van der Waals surface area contributed by atoms with Gasteiger partial charge in [0, 0.05) is 35.9 Å². The van der Waals surface area contributed by atoms with Crippen LogP contribution in [0.1, 0.15) is 77.7 Å². The summed E-state index contributed by atoms with van der Waals surface area (Å²) in [5, 5.41) is -0.479. The number of carbonyl (C=O) groups excluding carboxylic acids is 3. The molecule has 318 valence electrons. The van der Waals surface area contributed by atoms with Crippen molar-refractivity contribution in [3.8, 4) is 28.5 Å². The number of amides is 1. The molecular weight excluding hydrogens is 780 g/mol. The molecule has 12 heteroatoms. The van der Waals surface area contributed by atoms with Crippen molar-refractivity contribution >= 4 is 35.9 Å². The van der Waals surface area contributed by atoms with Gasteiger partial charge in [-0.25, -0.2) is 4.98 Å². The summed E-state index contributed by atoms with van der Waals surface area (Å²) in [6.07, 6.45) is 4.59. The largest absolute Gasteiger partial charge is 0.497 e. The number of rotatable bonds is 16. The minimum absolute atomic E-state index is 0.0655. The van der Waals surface area contributed by atoms with Crippen LogP contribution in [0.15, 0.2) is 91.5 Å². The van der Waals surface area contributed by atoms with Crippen LogP contribution >= 0.6 is 7.37 Å². The molecule has 3 aromatic carbocycles. The highest BCUT2D eigenvalue weighted by Crippen LogP contribution is 2.74. The lowest BCUT2D eigenvalue weighted by atomic mass is 9.77. The lowest BCUT2D eigenvalue weighted by Crippen LogP contribution is -2.48. The van der Waals surface area contributed by atoms with E-state index in [0.717, 1.165) is 36.6 Å². The van der Waals surface area contributed by atoms with Gasteiger partial charge in [-0.15, -0.1) is 6.58 Å². The van der Waals surface area contributed by atoms with Crippen molar-refractivity contribution in [3.05, 3.63) is 97.1 Å². The lowest BCUT2D eigenvalue weighted by Gasteiger charge is -2.35. The number of esters is 1. The van der Waals surface area contributed by atoms with Crippen LogP contribution in [0.3, 0.4) is 0 Å². The fourth-order valence-electron chi connectivity index (χ4n) is 9.05. The zero-order chi connectivity index (χ0) is 42.8. The molecule has 1 amide bonds. The molecule has 3 aliphatic rings. The number of ether oxygens (including phenoxy) is 4. The topological polar surface area (TPSA) is 142 Å². The van der Waals surface area contributed by atoms with Crippen molar-refractivity contribution in [2.24, 2.45) is 17.3 Å². The quantitative estimate of drug-likeness (QED) is 0.0660. The molecular formula is C48H57N2O9P. The third-order valence-electron chi connectivity index (χ3n) is 12.7. The average molecular weight is 837 g/mol. The number of aromatic nitrogens is 1. The molecule has 0 spiro atoms. The number of carbonyl (C=O) groups is 3. The highest BCUT2D eigenvalue weighted by atomic mass is 31.2. The molecule has 3 fully saturated rings. The van der Waals surface area contributed by atoms with Gasteiger partial charge in [-0.1, -0.05) is 57.2 Å². The van der Waals surface area contributed by atoms with Gasteiger partial charge in [0.15, 0.2) is 5.78 Å². The van der Waals surface area contributed by atoms with E-state index < -0.39 is 42.0 Å². The predicted molar refractivity (Wildman–Crippen MR) is 231 cm³/mol. The number of ketones is 1. The monoisotopic (exact) mass is 836 g/mol. The standard InChI is InChI=1S/C48H57N2O9P/c1-7-33-27-48(33,60(54,55)30-31-13-9-8-10-14-31)28-43(51)42-24-37(29-50(42)46(53)39(47(2,3)4)25-45(52)59-35-15-11-12-16-35)58-44-26-40(32-17-19-34(56-5)20-18-32)49-41-23-36(57-6)21-22-38(41)44/h7-10,13-14,17-23,26,33,35,37,39,42H,1,11-12,15-16,24-25,27-30H2,2-6H3,(H,54,55)/t33-,37-,39-,42+,48-/m1/s1. The van der Waals surface area contributed by atoms with Gasteiger partial charge in [0.25, 0.3) is 0 Å². The van der Waals surface area contributed by atoms with E-state index in [1.807, 2.05) is 99.6 Å². The Kier molecular flexibility index (Phi) is 12.6. The van der Waals surface area contributed by atoms with Crippen molar-refractivity contribution in [2.45, 2.75) is 102 Å². The fraction of sp³-hybridized carbons (Fsp3) is 0.458. The number of hydrogen-bond donors (Lipinski definition) is 1. The molecule has 1 unspecified atom stereocenters. The van der Waals surface area contributed by atoms with Crippen LogP contribution in [0, 0.1) is 17.3 Å². The second-order valence-corrected chi connectivity index (χ2v) is 20.4. The molecule has 4 aromatic rings. The molecule has 1 saturated heterocycles. The van der Waals surface area contributed by atoms with Gasteiger partial charge in [-0.2, -0.15) is 0 Å². The van der Waals surface area contributed by atoms with E-state index in [0.29, 0.717) is 40.4 Å². The summed E-state index contributed by atoms with van der Waals surface area (Å²) in [6, 6.07) is 23.1. The highest BCUT2D eigenvalue weighted by molar-refractivity contribution is 7.59. The normalized spacial score (nSPS) is 23.1.